The molecule has 0 atom stereocenters. The van der Waals surface area contributed by atoms with Gasteiger partial charge in [0.1, 0.15) is 6.61 Å². The van der Waals surface area contributed by atoms with Crippen molar-refractivity contribution in [1.82, 2.24) is 5.32 Å². The summed E-state index contributed by atoms with van der Waals surface area (Å²) in [6.45, 7) is 0.567. The van der Waals surface area contributed by atoms with E-state index < -0.39 is 15.9 Å². The highest BCUT2D eigenvalue weighted by atomic mass is 32.2. The van der Waals surface area contributed by atoms with Gasteiger partial charge in [-0.05, 0) is 34.4 Å². The second-order valence-corrected chi connectivity index (χ2v) is 9.56. The van der Waals surface area contributed by atoms with Gasteiger partial charge < -0.3 is 10.1 Å². The molecule has 0 heterocycles. The van der Waals surface area contributed by atoms with Gasteiger partial charge in [-0.2, -0.15) is 0 Å². The van der Waals surface area contributed by atoms with Gasteiger partial charge in [0.25, 0.3) is 0 Å². The van der Waals surface area contributed by atoms with Gasteiger partial charge in [0.2, 0.25) is 0 Å². The lowest BCUT2D eigenvalue weighted by atomic mass is 9.98. The van der Waals surface area contributed by atoms with Crippen LogP contribution in [0.1, 0.15) is 29.0 Å². The van der Waals surface area contributed by atoms with Gasteiger partial charge in [0, 0.05) is 30.7 Å². The van der Waals surface area contributed by atoms with Crippen molar-refractivity contribution in [2.24, 2.45) is 0 Å². The number of nitrogens with one attached hydrogen (secondary N) is 1. The van der Waals surface area contributed by atoms with E-state index in [1.54, 1.807) is 18.2 Å². The van der Waals surface area contributed by atoms with Crippen LogP contribution in [0.25, 0.3) is 11.1 Å². The fourth-order valence-corrected chi connectivity index (χ4v) is 4.77. The lowest BCUT2D eigenvalue weighted by molar-refractivity contribution is 0.143. The second-order valence-electron chi connectivity index (χ2n) is 7.57. The Hall–Kier alpha value is -3.56. The zero-order chi connectivity index (χ0) is 22.6. The molecule has 0 radical (unpaired) electrons. The van der Waals surface area contributed by atoms with E-state index in [0.717, 1.165) is 17.4 Å². The first-order valence-corrected chi connectivity index (χ1v) is 12.2. The molecule has 0 unspecified atom stereocenters. The summed E-state index contributed by atoms with van der Waals surface area (Å²) in [5, 5.41) is 2.70. The van der Waals surface area contributed by atoms with E-state index in [1.165, 1.54) is 17.2 Å². The lowest BCUT2D eigenvalue weighted by Gasteiger charge is -2.14. The average Bonchev–Trinajstić information content (AvgIpc) is 3.11. The maximum atomic E-state index is 12.2. The summed E-state index contributed by atoms with van der Waals surface area (Å²) in [7, 11) is -3.34. The van der Waals surface area contributed by atoms with Crippen molar-refractivity contribution in [3.05, 3.63) is 89.5 Å². The molecule has 0 bridgehead atoms. The van der Waals surface area contributed by atoms with Crippen LogP contribution in [-0.2, 0) is 14.6 Å². The summed E-state index contributed by atoms with van der Waals surface area (Å²) in [6, 6.07) is 23.0. The van der Waals surface area contributed by atoms with Crippen LogP contribution >= 0.6 is 0 Å². The Labute approximate surface area is 188 Å². The van der Waals surface area contributed by atoms with Crippen molar-refractivity contribution in [2.45, 2.75) is 17.2 Å². The number of ether oxygens (including phenoxy) is 1. The van der Waals surface area contributed by atoms with E-state index in [-0.39, 0.29) is 17.4 Å². The van der Waals surface area contributed by atoms with E-state index >= 15 is 0 Å². The van der Waals surface area contributed by atoms with Crippen LogP contribution in [0.5, 0.6) is 0 Å². The van der Waals surface area contributed by atoms with Gasteiger partial charge in [-0.15, -0.1) is 0 Å². The highest BCUT2D eigenvalue weighted by molar-refractivity contribution is 7.90. The highest BCUT2D eigenvalue weighted by Gasteiger charge is 2.28. The molecule has 0 saturated heterocycles. The van der Waals surface area contributed by atoms with Gasteiger partial charge in [0.15, 0.2) is 9.84 Å². The number of carbonyl (C=O) groups excluding carboxylic acids is 1. The van der Waals surface area contributed by atoms with Crippen LogP contribution in [0.15, 0.2) is 77.7 Å². The monoisotopic (exact) mass is 445 g/mol. The number of rotatable bonds is 5. The zero-order valence-corrected chi connectivity index (χ0v) is 18.5. The minimum Gasteiger partial charge on any atom is -0.449 e. The molecule has 4 rings (SSSR count). The van der Waals surface area contributed by atoms with Crippen LogP contribution in [0.4, 0.5) is 4.79 Å². The zero-order valence-electron chi connectivity index (χ0n) is 17.7. The minimum absolute atomic E-state index is 0.0143. The number of fused-ring (bicyclic) bond motifs is 3. The van der Waals surface area contributed by atoms with Gasteiger partial charge in [0.05, 0.1) is 4.90 Å². The molecule has 1 aliphatic carbocycles. The Morgan fingerprint density at radius 2 is 1.53 bits per heavy atom. The van der Waals surface area contributed by atoms with E-state index in [2.05, 4.69) is 41.4 Å². The second kappa shape index (κ2) is 9.29. The average molecular weight is 446 g/mol. The summed E-state index contributed by atoms with van der Waals surface area (Å²) in [6.07, 6.45) is 1.04. The van der Waals surface area contributed by atoms with Gasteiger partial charge in [-0.1, -0.05) is 72.5 Å². The van der Waals surface area contributed by atoms with E-state index in [1.807, 2.05) is 24.3 Å². The molecule has 1 aliphatic rings. The van der Waals surface area contributed by atoms with Crippen molar-refractivity contribution in [2.75, 3.05) is 19.4 Å². The molecular weight excluding hydrogens is 422 g/mol. The molecule has 3 aromatic rings. The Bertz CT molecular complexity index is 1270. The lowest BCUT2D eigenvalue weighted by Crippen LogP contribution is -2.26. The van der Waals surface area contributed by atoms with Gasteiger partial charge in [-0.25, -0.2) is 13.2 Å². The van der Waals surface area contributed by atoms with E-state index in [9.17, 15) is 13.2 Å². The first-order valence-electron chi connectivity index (χ1n) is 10.3. The number of hydrogen-bond acceptors (Lipinski definition) is 4. The minimum atomic E-state index is -3.34. The van der Waals surface area contributed by atoms with Crippen molar-refractivity contribution in [1.29, 1.82) is 0 Å². The molecule has 0 spiro atoms. The SMILES string of the molecule is CS(=O)(=O)c1ccccc1C#CCCNC(=O)OCC1c2ccccc2-c2ccccc21. The molecule has 0 saturated carbocycles. The molecule has 0 aliphatic heterocycles. The number of sulfone groups is 1. The molecule has 0 fully saturated rings. The highest BCUT2D eigenvalue weighted by Crippen LogP contribution is 2.44. The van der Waals surface area contributed by atoms with E-state index in [0.29, 0.717) is 18.5 Å². The van der Waals surface area contributed by atoms with Crippen LogP contribution in [0.2, 0.25) is 0 Å². The quantitative estimate of drug-likeness (QED) is 0.468. The number of carbonyl (C=O) groups is 1. The van der Waals surface area contributed by atoms with Crippen molar-refractivity contribution in [3.8, 4) is 23.0 Å². The summed E-state index contributed by atoms with van der Waals surface area (Å²) < 4.78 is 29.1. The first-order chi connectivity index (χ1) is 15.4. The fourth-order valence-electron chi connectivity index (χ4n) is 3.93. The summed E-state index contributed by atoms with van der Waals surface area (Å²) in [5.74, 6) is 5.79. The predicted molar refractivity (Wildman–Crippen MR) is 124 cm³/mol. The van der Waals surface area contributed by atoms with Crippen molar-refractivity contribution < 1.29 is 17.9 Å². The number of hydrogen-bond donors (Lipinski definition) is 1. The number of benzene rings is 3. The Morgan fingerprint density at radius 1 is 0.938 bits per heavy atom. The predicted octanol–water partition coefficient (Wildman–Crippen LogP) is 4.37. The standard InChI is InChI=1S/C26H23NO4S/c1-32(29,30)25-16-7-2-10-19(25)11-8-9-17-27-26(28)31-18-24-22-14-5-3-12-20(22)21-13-4-6-15-23(21)24/h2-7,10,12-16,24H,9,17-18H2,1H3,(H,27,28). The molecule has 162 valence electrons. The molecule has 1 N–H and O–H groups in total. The normalized spacial score (nSPS) is 12.3. The Kier molecular flexibility index (Phi) is 6.29. The number of amides is 1. The van der Waals surface area contributed by atoms with Crippen LogP contribution in [-0.4, -0.2) is 33.9 Å². The molecule has 5 nitrogen and oxygen atoms in total. The third-order valence-electron chi connectivity index (χ3n) is 5.37. The molecule has 32 heavy (non-hydrogen) atoms. The summed E-state index contributed by atoms with van der Waals surface area (Å²) in [5.41, 5.74) is 5.15. The van der Waals surface area contributed by atoms with Crippen LogP contribution in [0, 0.1) is 11.8 Å². The van der Waals surface area contributed by atoms with Gasteiger partial charge in [-0.3, -0.25) is 0 Å². The van der Waals surface area contributed by atoms with Crippen LogP contribution in [0.3, 0.4) is 0 Å². The third kappa shape index (κ3) is 4.68. The molecule has 1 amide bonds. The summed E-state index contributed by atoms with van der Waals surface area (Å²) in [4.78, 5) is 12.4. The molecule has 0 aromatic heterocycles. The summed E-state index contributed by atoms with van der Waals surface area (Å²) >= 11 is 0. The maximum absolute atomic E-state index is 12.2. The number of alkyl carbamates (subject to hydrolysis) is 1. The fraction of sp³-hybridized carbons (Fsp3) is 0.192. The first kappa shape index (κ1) is 21.7. The third-order valence-corrected chi connectivity index (χ3v) is 6.53. The van der Waals surface area contributed by atoms with E-state index in [4.69, 9.17) is 4.74 Å². The molecule has 6 heteroatoms. The van der Waals surface area contributed by atoms with Gasteiger partial charge >= 0.3 is 6.09 Å². The molecule has 3 aromatic carbocycles. The van der Waals surface area contributed by atoms with Crippen molar-refractivity contribution in [3.63, 3.8) is 0 Å². The maximum Gasteiger partial charge on any atom is 0.407 e. The smallest absolute Gasteiger partial charge is 0.407 e. The topological polar surface area (TPSA) is 72.5 Å². The van der Waals surface area contributed by atoms with Crippen molar-refractivity contribution >= 4 is 15.9 Å². The molecular formula is C26H23NO4S. The van der Waals surface area contributed by atoms with Crippen LogP contribution < -0.4 is 5.32 Å². The largest absolute Gasteiger partial charge is 0.449 e. The Morgan fingerprint density at radius 3 is 2.19 bits per heavy atom. The Balaban J connectivity index is 1.31.